The number of benzene rings is 1. The van der Waals surface area contributed by atoms with E-state index in [0.717, 1.165) is 36.3 Å². The molecule has 0 saturated carbocycles. The number of rotatable bonds is 2. The largest absolute Gasteiger partial charge is 0.496 e. The highest BCUT2D eigenvalue weighted by Gasteiger charge is 2.34. The molecule has 1 aliphatic rings. The summed E-state index contributed by atoms with van der Waals surface area (Å²) < 4.78 is 5.40. The number of aryl methyl sites for hydroxylation is 1. The highest BCUT2D eigenvalue weighted by atomic mass is 35.5. The lowest BCUT2D eigenvalue weighted by Gasteiger charge is -2.34. The number of hydrogen-bond acceptors (Lipinski definition) is 3. The molecule has 0 aliphatic carbocycles. The van der Waals surface area contributed by atoms with Gasteiger partial charge in [-0.3, -0.25) is 0 Å². The predicted octanol–water partition coefficient (Wildman–Crippen LogP) is 2.23. The number of halogens is 1. The van der Waals surface area contributed by atoms with Gasteiger partial charge in [-0.2, -0.15) is 0 Å². The molecule has 1 aliphatic heterocycles. The Morgan fingerprint density at radius 1 is 1.47 bits per heavy atom. The molecule has 1 fully saturated rings. The Hall–Kier alpha value is -0.770. The number of aliphatic hydroxyl groups is 1. The molecule has 0 amide bonds. The van der Waals surface area contributed by atoms with Crippen LogP contribution in [0.2, 0.25) is 5.02 Å². The van der Waals surface area contributed by atoms with Gasteiger partial charge in [0, 0.05) is 17.1 Å². The Morgan fingerprint density at radius 2 is 2.24 bits per heavy atom. The molecule has 0 radical (unpaired) electrons. The maximum Gasteiger partial charge on any atom is 0.128 e. The SMILES string of the molecule is COc1c(C)cc(Cl)cc1C1(O)CCCNC1. The van der Waals surface area contributed by atoms with Gasteiger partial charge in [-0.25, -0.2) is 0 Å². The fraction of sp³-hybridized carbons (Fsp3) is 0.538. The third-order valence-corrected chi connectivity index (χ3v) is 3.52. The smallest absolute Gasteiger partial charge is 0.128 e. The summed E-state index contributed by atoms with van der Waals surface area (Å²) in [7, 11) is 1.62. The van der Waals surface area contributed by atoms with Crippen LogP contribution in [0.1, 0.15) is 24.0 Å². The van der Waals surface area contributed by atoms with E-state index in [2.05, 4.69) is 5.32 Å². The predicted molar refractivity (Wildman–Crippen MR) is 68.7 cm³/mol. The molecule has 1 saturated heterocycles. The summed E-state index contributed by atoms with van der Waals surface area (Å²) in [5, 5.41) is 14.6. The van der Waals surface area contributed by atoms with Gasteiger partial charge in [0.25, 0.3) is 0 Å². The molecule has 2 N–H and O–H groups in total. The van der Waals surface area contributed by atoms with Crippen LogP contribution in [0.25, 0.3) is 0 Å². The average Bonchev–Trinajstić information content (AvgIpc) is 2.29. The topological polar surface area (TPSA) is 41.5 Å². The first-order valence-corrected chi connectivity index (χ1v) is 6.22. The van der Waals surface area contributed by atoms with E-state index in [1.165, 1.54) is 0 Å². The van der Waals surface area contributed by atoms with Gasteiger partial charge in [-0.15, -0.1) is 0 Å². The normalized spacial score (nSPS) is 24.7. The third-order valence-electron chi connectivity index (χ3n) is 3.31. The van der Waals surface area contributed by atoms with E-state index >= 15 is 0 Å². The van der Waals surface area contributed by atoms with Crippen molar-refractivity contribution >= 4 is 11.6 Å². The standard InChI is InChI=1S/C13H18ClNO2/c1-9-6-10(14)7-11(12(9)17-2)13(16)4-3-5-15-8-13/h6-7,15-16H,3-5,8H2,1-2H3. The molecule has 0 spiro atoms. The number of β-amino-alcohol motifs (C(OH)–C–C–N with tert-alkyl or cyclic N) is 1. The molecule has 0 bridgehead atoms. The highest BCUT2D eigenvalue weighted by Crippen LogP contribution is 2.38. The van der Waals surface area contributed by atoms with Crippen molar-refractivity contribution in [2.75, 3.05) is 20.2 Å². The van der Waals surface area contributed by atoms with Crippen LogP contribution in [-0.4, -0.2) is 25.3 Å². The van der Waals surface area contributed by atoms with Crippen molar-refractivity contribution in [3.8, 4) is 5.75 Å². The molecule has 1 atom stereocenters. The zero-order chi connectivity index (χ0) is 12.5. The zero-order valence-corrected chi connectivity index (χ0v) is 11.0. The molecule has 1 heterocycles. The van der Waals surface area contributed by atoms with Crippen LogP contribution in [-0.2, 0) is 5.60 Å². The molecule has 17 heavy (non-hydrogen) atoms. The van der Waals surface area contributed by atoms with Gasteiger partial charge in [0.2, 0.25) is 0 Å². The third kappa shape index (κ3) is 2.41. The first-order valence-electron chi connectivity index (χ1n) is 5.84. The van der Waals surface area contributed by atoms with Crippen LogP contribution in [0.5, 0.6) is 5.75 Å². The molecule has 4 heteroatoms. The number of methoxy groups -OCH3 is 1. The van der Waals surface area contributed by atoms with E-state index in [1.54, 1.807) is 13.2 Å². The first kappa shape index (κ1) is 12.7. The minimum atomic E-state index is -0.876. The van der Waals surface area contributed by atoms with Gasteiger partial charge in [-0.1, -0.05) is 11.6 Å². The van der Waals surface area contributed by atoms with Crippen LogP contribution < -0.4 is 10.1 Å². The van der Waals surface area contributed by atoms with Crippen molar-refractivity contribution < 1.29 is 9.84 Å². The summed E-state index contributed by atoms with van der Waals surface area (Å²) in [6.07, 6.45) is 1.68. The number of ether oxygens (including phenoxy) is 1. The summed E-state index contributed by atoms with van der Waals surface area (Å²) in [6, 6.07) is 3.66. The minimum absolute atomic E-state index is 0.545. The van der Waals surface area contributed by atoms with Gasteiger partial charge in [0.05, 0.1) is 7.11 Å². The monoisotopic (exact) mass is 255 g/mol. The number of piperidine rings is 1. The van der Waals surface area contributed by atoms with Gasteiger partial charge < -0.3 is 15.2 Å². The Kier molecular flexibility index (Phi) is 3.61. The van der Waals surface area contributed by atoms with E-state index in [4.69, 9.17) is 16.3 Å². The maximum absolute atomic E-state index is 10.7. The molecule has 0 aromatic heterocycles. The maximum atomic E-state index is 10.7. The number of nitrogens with one attached hydrogen (secondary N) is 1. The van der Waals surface area contributed by atoms with Crippen molar-refractivity contribution in [1.29, 1.82) is 0 Å². The lowest BCUT2D eigenvalue weighted by Crippen LogP contribution is -2.43. The minimum Gasteiger partial charge on any atom is -0.496 e. The molecule has 1 aromatic carbocycles. The lowest BCUT2D eigenvalue weighted by atomic mass is 9.85. The van der Waals surface area contributed by atoms with Crippen LogP contribution in [0.15, 0.2) is 12.1 Å². The fourth-order valence-corrected chi connectivity index (χ4v) is 2.74. The van der Waals surface area contributed by atoms with Crippen molar-refractivity contribution in [3.63, 3.8) is 0 Å². The zero-order valence-electron chi connectivity index (χ0n) is 10.2. The van der Waals surface area contributed by atoms with Crippen molar-refractivity contribution in [3.05, 3.63) is 28.3 Å². The number of hydrogen-bond donors (Lipinski definition) is 2. The van der Waals surface area contributed by atoms with Crippen LogP contribution in [0.3, 0.4) is 0 Å². The van der Waals surface area contributed by atoms with Gasteiger partial charge >= 0.3 is 0 Å². The fourth-order valence-electron chi connectivity index (χ4n) is 2.47. The van der Waals surface area contributed by atoms with E-state index < -0.39 is 5.60 Å². The molecule has 94 valence electrons. The summed E-state index contributed by atoms with van der Waals surface area (Å²) in [5.74, 6) is 0.737. The molecule has 3 nitrogen and oxygen atoms in total. The summed E-state index contributed by atoms with van der Waals surface area (Å²) >= 11 is 6.07. The molecular weight excluding hydrogens is 238 g/mol. The second-order valence-corrected chi connectivity index (χ2v) is 5.05. The van der Waals surface area contributed by atoms with Crippen molar-refractivity contribution in [2.45, 2.75) is 25.4 Å². The van der Waals surface area contributed by atoms with Gasteiger partial charge in [0.1, 0.15) is 11.4 Å². The van der Waals surface area contributed by atoms with Crippen LogP contribution in [0, 0.1) is 6.92 Å². The van der Waals surface area contributed by atoms with Crippen LogP contribution >= 0.6 is 11.6 Å². The Balaban J connectivity index is 2.49. The van der Waals surface area contributed by atoms with E-state index in [1.807, 2.05) is 13.0 Å². The van der Waals surface area contributed by atoms with E-state index in [-0.39, 0.29) is 0 Å². The van der Waals surface area contributed by atoms with Gasteiger partial charge in [-0.05, 0) is 44.0 Å². The molecular formula is C13H18ClNO2. The van der Waals surface area contributed by atoms with Crippen molar-refractivity contribution in [1.82, 2.24) is 5.32 Å². The molecule has 2 rings (SSSR count). The quantitative estimate of drug-likeness (QED) is 0.852. The highest BCUT2D eigenvalue weighted by molar-refractivity contribution is 6.30. The second-order valence-electron chi connectivity index (χ2n) is 4.62. The Bertz CT molecular complexity index is 414. The summed E-state index contributed by atoms with van der Waals surface area (Å²) in [4.78, 5) is 0. The van der Waals surface area contributed by atoms with Crippen LogP contribution in [0.4, 0.5) is 0 Å². The van der Waals surface area contributed by atoms with E-state index in [0.29, 0.717) is 11.6 Å². The van der Waals surface area contributed by atoms with Gasteiger partial charge in [0.15, 0.2) is 0 Å². The second kappa shape index (κ2) is 4.84. The lowest BCUT2D eigenvalue weighted by molar-refractivity contribution is 0.0102. The summed E-state index contributed by atoms with van der Waals surface area (Å²) in [5.41, 5.74) is 0.866. The molecule has 1 aromatic rings. The summed E-state index contributed by atoms with van der Waals surface area (Å²) in [6.45, 7) is 3.43. The van der Waals surface area contributed by atoms with Crippen molar-refractivity contribution in [2.24, 2.45) is 0 Å². The Morgan fingerprint density at radius 3 is 2.82 bits per heavy atom. The van der Waals surface area contributed by atoms with E-state index in [9.17, 15) is 5.11 Å². The average molecular weight is 256 g/mol. The molecule has 1 unspecified atom stereocenters. The first-order chi connectivity index (χ1) is 8.07. The Labute approximate surface area is 107 Å².